The van der Waals surface area contributed by atoms with Crippen molar-refractivity contribution in [2.75, 3.05) is 35.5 Å². The lowest BCUT2D eigenvalue weighted by Gasteiger charge is -2.29. The molecule has 1 aliphatic heterocycles. The van der Waals surface area contributed by atoms with E-state index in [1.165, 1.54) is 24.1 Å². The van der Waals surface area contributed by atoms with Crippen molar-refractivity contribution >= 4 is 41.2 Å². The number of para-hydroxylation sites is 1. The lowest BCUT2D eigenvalue weighted by molar-refractivity contribution is -0.137. The molecule has 0 aliphatic carbocycles. The van der Waals surface area contributed by atoms with Gasteiger partial charge in [-0.15, -0.1) is 0 Å². The van der Waals surface area contributed by atoms with E-state index >= 15 is 0 Å². The number of alkyl halides is 3. The van der Waals surface area contributed by atoms with E-state index in [-0.39, 0.29) is 23.4 Å². The van der Waals surface area contributed by atoms with E-state index < -0.39 is 11.7 Å². The number of hydrogen-bond donors (Lipinski definition) is 1. The van der Waals surface area contributed by atoms with Gasteiger partial charge in [0.1, 0.15) is 0 Å². The number of hydrogen-bond acceptors (Lipinski definition) is 5. The first-order valence-corrected chi connectivity index (χ1v) is 12.9. The average molecular weight is 498 g/mol. The summed E-state index contributed by atoms with van der Waals surface area (Å²) in [6.45, 7) is 6.23. The fraction of sp³-hybridized carbons (Fsp3) is 0.458. The van der Waals surface area contributed by atoms with Crippen molar-refractivity contribution in [3.63, 3.8) is 0 Å². The first-order chi connectivity index (χ1) is 15.7. The molecule has 4 nitrogen and oxygen atoms in total. The van der Waals surface area contributed by atoms with Gasteiger partial charge in [-0.2, -0.15) is 13.2 Å². The molecular formula is C24H30F3N3OS2. The fourth-order valence-electron chi connectivity index (χ4n) is 3.72. The van der Waals surface area contributed by atoms with Crippen molar-refractivity contribution < 1.29 is 18.0 Å². The molecule has 1 saturated heterocycles. The summed E-state index contributed by atoms with van der Waals surface area (Å²) in [5, 5.41) is 2.98. The van der Waals surface area contributed by atoms with Crippen molar-refractivity contribution in [3.8, 4) is 0 Å². The van der Waals surface area contributed by atoms with Crippen LogP contribution in [0.4, 0.5) is 24.5 Å². The number of nitrogens with one attached hydrogen (secondary N) is 1. The molecule has 0 unspecified atom stereocenters. The Morgan fingerprint density at radius 1 is 1.12 bits per heavy atom. The number of carbonyl (C=O) groups is 1. The fourth-order valence-corrected chi connectivity index (χ4v) is 5.44. The Morgan fingerprint density at radius 2 is 1.76 bits per heavy atom. The summed E-state index contributed by atoms with van der Waals surface area (Å²) in [4.78, 5) is 13.4. The largest absolute Gasteiger partial charge is 0.418 e. The van der Waals surface area contributed by atoms with Crippen LogP contribution in [0.15, 0.2) is 53.4 Å². The van der Waals surface area contributed by atoms with E-state index in [1.54, 1.807) is 34.5 Å². The molecule has 1 fully saturated rings. The van der Waals surface area contributed by atoms with E-state index in [9.17, 15) is 18.0 Å². The molecule has 180 valence electrons. The predicted molar refractivity (Wildman–Crippen MR) is 132 cm³/mol. The molecule has 2 aromatic rings. The molecule has 0 aromatic heterocycles. The lowest BCUT2D eigenvalue weighted by Crippen LogP contribution is -2.34. The van der Waals surface area contributed by atoms with E-state index in [0.29, 0.717) is 12.2 Å². The topological polar surface area (TPSA) is 35.6 Å². The highest BCUT2D eigenvalue weighted by Crippen LogP contribution is 2.40. The van der Waals surface area contributed by atoms with Gasteiger partial charge in [-0.05, 0) is 73.4 Å². The molecule has 0 spiro atoms. The monoisotopic (exact) mass is 497 g/mol. The van der Waals surface area contributed by atoms with Crippen molar-refractivity contribution in [3.05, 3.63) is 54.1 Å². The summed E-state index contributed by atoms with van der Waals surface area (Å²) < 4.78 is 44.7. The molecule has 1 heterocycles. The van der Waals surface area contributed by atoms with Gasteiger partial charge in [-0.25, -0.2) is 0 Å². The number of anilines is 2. The number of amides is 1. The molecule has 33 heavy (non-hydrogen) atoms. The van der Waals surface area contributed by atoms with Crippen LogP contribution in [0.25, 0.3) is 0 Å². The zero-order chi connectivity index (χ0) is 24.0. The normalized spacial score (nSPS) is 15.6. The van der Waals surface area contributed by atoms with Crippen molar-refractivity contribution in [2.45, 2.75) is 37.8 Å². The van der Waals surface area contributed by atoms with Crippen LogP contribution >= 0.6 is 23.9 Å². The number of benzene rings is 2. The van der Waals surface area contributed by atoms with Gasteiger partial charge >= 0.3 is 6.18 Å². The minimum atomic E-state index is -4.42. The van der Waals surface area contributed by atoms with E-state index in [4.69, 9.17) is 0 Å². The Morgan fingerprint density at radius 3 is 2.33 bits per heavy atom. The maximum atomic E-state index is 13.6. The van der Waals surface area contributed by atoms with Crippen LogP contribution in [0.2, 0.25) is 0 Å². The van der Waals surface area contributed by atoms with Crippen LogP contribution in [0.5, 0.6) is 0 Å². The maximum Gasteiger partial charge on any atom is 0.418 e. The van der Waals surface area contributed by atoms with Gasteiger partial charge in [0.05, 0.1) is 11.3 Å². The van der Waals surface area contributed by atoms with Gasteiger partial charge in [-0.3, -0.25) is 9.10 Å². The van der Waals surface area contributed by atoms with Crippen LogP contribution in [-0.4, -0.2) is 36.1 Å². The molecule has 1 N–H and O–H groups in total. The Balaban J connectivity index is 1.69. The van der Waals surface area contributed by atoms with Gasteiger partial charge < -0.3 is 9.62 Å². The van der Waals surface area contributed by atoms with E-state index in [2.05, 4.69) is 9.62 Å². The van der Waals surface area contributed by atoms with Crippen molar-refractivity contribution in [1.29, 1.82) is 0 Å². The van der Waals surface area contributed by atoms with Crippen LogP contribution in [0, 0.1) is 11.8 Å². The quantitative estimate of drug-likeness (QED) is 0.406. The first kappa shape index (κ1) is 25.8. The highest BCUT2D eigenvalue weighted by Gasteiger charge is 2.35. The smallest absolute Gasteiger partial charge is 0.326 e. The second kappa shape index (κ2) is 11.5. The Kier molecular flexibility index (Phi) is 9.01. The summed E-state index contributed by atoms with van der Waals surface area (Å²) in [6.07, 6.45) is -0.705. The van der Waals surface area contributed by atoms with Gasteiger partial charge in [0.2, 0.25) is 5.91 Å². The highest BCUT2D eigenvalue weighted by molar-refractivity contribution is 8.00. The molecule has 2 aromatic carbocycles. The molecule has 9 heteroatoms. The Hall–Kier alpha value is -1.84. The van der Waals surface area contributed by atoms with Crippen molar-refractivity contribution in [2.24, 2.45) is 11.8 Å². The summed E-state index contributed by atoms with van der Waals surface area (Å²) in [6, 6.07) is 12.9. The molecule has 0 radical (unpaired) electrons. The highest BCUT2D eigenvalue weighted by atomic mass is 32.2. The summed E-state index contributed by atoms with van der Waals surface area (Å²) in [5.74, 6) is 0.203. The summed E-state index contributed by atoms with van der Waals surface area (Å²) >= 11 is 2.98. The summed E-state index contributed by atoms with van der Waals surface area (Å²) in [7, 11) is 0. The average Bonchev–Trinajstić information content (AvgIpc) is 2.79. The van der Waals surface area contributed by atoms with Gasteiger partial charge in [-0.1, -0.05) is 37.9 Å². The van der Waals surface area contributed by atoms with Crippen LogP contribution in [0.3, 0.4) is 0 Å². The second-order valence-electron chi connectivity index (χ2n) is 8.46. The molecule has 0 saturated carbocycles. The van der Waals surface area contributed by atoms with Crippen LogP contribution < -0.4 is 9.62 Å². The third-order valence-electron chi connectivity index (χ3n) is 5.43. The number of halogens is 3. The predicted octanol–water partition coefficient (Wildman–Crippen LogP) is 6.80. The van der Waals surface area contributed by atoms with Crippen molar-refractivity contribution in [1.82, 2.24) is 4.31 Å². The van der Waals surface area contributed by atoms with Crippen LogP contribution in [0.1, 0.15) is 32.3 Å². The van der Waals surface area contributed by atoms with E-state index in [0.717, 1.165) is 36.9 Å². The standard InChI is InChI=1S/C24H30F3N3OS2/c1-17(2)16-30(22-7-5-4-6-21(22)24(25,26)27)33-20-10-8-19(9-11-20)28-23(31)18-12-14-29(32-3)15-13-18/h4-11,17-18H,12-16H2,1-3H3,(H,28,31). The Bertz CT molecular complexity index is 914. The number of rotatable bonds is 8. The molecule has 1 aliphatic rings. The van der Waals surface area contributed by atoms with Gasteiger partial charge in [0.25, 0.3) is 0 Å². The molecule has 0 bridgehead atoms. The SMILES string of the molecule is CSN1CCC(C(=O)Nc2ccc(SN(CC(C)C)c3ccccc3C(F)(F)F)cc2)CC1. The van der Waals surface area contributed by atoms with Crippen LogP contribution in [-0.2, 0) is 11.0 Å². The molecule has 0 atom stereocenters. The third-order valence-corrected chi connectivity index (χ3v) is 7.36. The zero-order valence-corrected chi connectivity index (χ0v) is 20.7. The van der Waals surface area contributed by atoms with Gasteiger partial charge in [0, 0.05) is 36.1 Å². The minimum absolute atomic E-state index is 0.00264. The second-order valence-corrected chi connectivity index (χ2v) is 10.4. The van der Waals surface area contributed by atoms with Gasteiger partial charge in [0.15, 0.2) is 0 Å². The first-order valence-electron chi connectivity index (χ1n) is 11.0. The minimum Gasteiger partial charge on any atom is -0.326 e. The molecule has 1 amide bonds. The summed E-state index contributed by atoms with van der Waals surface area (Å²) in [5.41, 5.74) is 0.204. The molecular weight excluding hydrogens is 467 g/mol. The number of piperidine rings is 1. The van der Waals surface area contributed by atoms with E-state index in [1.807, 2.05) is 32.2 Å². The molecule has 3 rings (SSSR count). The number of carbonyl (C=O) groups excluding carboxylic acids is 1. The lowest BCUT2D eigenvalue weighted by atomic mass is 9.97. The number of nitrogens with zero attached hydrogens (tertiary/aromatic N) is 2. The maximum absolute atomic E-state index is 13.6. The Labute approximate surface area is 202 Å². The third kappa shape index (κ3) is 7.32. The zero-order valence-electron chi connectivity index (χ0n) is 19.1.